The van der Waals surface area contributed by atoms with Crippen LogP contribution in [-0.2, 0) is 19.1 Å². The van der Waals surface area contributed by atoms with E-state index >= 15 is 0 Å². The average Bonchev–Trinajstić information content (AvgIpc) is 3.05. The largest absolute Gasteiger partial charge is 0.495 e. The molecule has 1 aromatic heterocycles. The van der Waals surface area contributed by atoms with Gasteiger partial charge in [0.25, 0.3) is 5.91 Å². The maximum Gasteiger partial charge on any atom is 0.355 e. The molecule has 0 radical (unpaired) electrons. The highest BCUT2D eigenvalue weighted by Crippen LogP contribution is 2.25. The predicted octanol–water partition coefficient (Wildman–Crippen LogP) is 2.04. The van der Waals surface area contributed by atoms with E-state index in [1.807, 2.05) is 13.0 Å². The van der Waals surface area contributed by atoms with Crippen molar-refractivity contribution in [2.24, 2.45) is 0 Å². The van der Waals surface area contributed by atoms with Crippen LogP contribution in [0, 0.1) is 20.8 Å². The quantitative estimate of drug-likeness (QED) is 0.503. The molecule has 0 saturated carbocycles. The highest BCUT2D eigenvalue weighted by atomic mass is 16.5. The van der Waals surface area contributed by atoms with E-state index in [4.69, 9.17) is 14.2 Å². The third kappa shape index (κ3) is 6.10. The van der Waals surface area contributed by atoms with Crippen LogP contribution >= 0.6 is 0 Å². The first kappa shape index (κ1) is 24.4. The maximum absolute atomic E-state index is 12.4. The smallest absolute Gasteiger partial charge is 0.355 e. The number of H-pyrrole nitrogens is 1. The van der Waals surface area contributed by atoms with Gasteiger partial charge in [-0.15, -0.1) is 0 Å². The second-order valence-corrected chi connectivity index (χ2v) is 6.95. The molecule has 0 aliphatic heterocycles. The summed E-state index contributed by atoms with van der Waals surface area (Å²) in [6, 6.07) is 5.31. The summed E-state index contributed by atoms with van der Waals surface area (Å²) in [5, 5.41) is 5.03. The molecule has 10 heteroatoms. The molecule has 0 atom stereocenters. The molecule has 2 aromatic rings. The van der Waals surface area contributed by atoms with Gasteiger partial charge in [-0.05, 0) is 51.0 Å². The Balaban J connectivity index is 1.88. The number of carbonyl (C=O) groups excluding carboxylic acids is 4. The number of carbonyl (C=O) groups is 4. The Morgan fingerprint density at radius 2 is 1.72 bits per heavy atom. The summed E-state index contributed by atoms with van der Waals surface area (Å²) in [4.78, 5) is 51.3. The first-order valence-corrected chi connectivity index (χ1v) is 9.92. The van der Waals surface area contributed by atoms with Gasteiger partial charge in [0, 0.05) is 5.69 Å². The summed E-state index contributed by atoms with van der Waals surface area (Å²) in [7, 11) is 1.49. The van der Waals surface area contributed by atoms with E-state index in [1.165, 1.54) is 7.11 Å². The van der Waals surface area contributed by atoms with Crippen molar-refractivity contribution in [3.05, 3.63) is 46.3 Å². The number of aromatic nitrogens is 1. The Morgan fingerprint density at radius 1 is 1.00 bits per heavy atom. The number of nitrogens with one attached hydrogen (secondary N) is 3. The molecule has 0 unspecified atom stereocenters. The molecule has 172 valence electrons. The molecule has 32 heavy (non-hydrogen) atoms. The summed E-state index contributed by atoms with van der Waals surface area (Å²) >= 11 is 0. The predicted molar refractivity (Wildman–Crippen MR) is 116 cm³/mol. The van der Waals surface area contributed by atoms with Gasteiger partial charge in [-0.2, -0.15) is 0 Å². The molecule has 0 fully saturated rings. The van der Waals surface area contributed by atoms with Crippen LogP contribution in [0.1, 0.15) is 44.6 Å². The van der Waals surface area contributed by atoms with Gasteiger partial charge in [-0.1, -0.05) is 6.07 Å². The van der Waals surface area contributed by atoms with Crippen LogP contribution in [0.3, 0.4) is 0 Å². The zero-order valence-corrected chi connectivity index (χ0v) is 18.7. The number of anilines is 1. The van der Waals surface area contributed by atoms with Gasteiger partial charge in [-0.25, -0.2) is 9.59 Å². The van der Waals surface area contributed by atoms with E-state index in [9.17, 15) is 19.2 Å². The van der Waals surface area contributed by atoms with Gasteiger partial charge in [0.1, 0.15) is 11.4 Å². The molecular weight excluding hydrogens is 418 g/mol. The maximum atomic E-state index is 12.4. The van der Waals surface area contributed by atoms with E-state index in [-0.39, 0.29) is 24.4 Å². The van der Waals surface area contributed by atoms with Crippen LogP contribution in [-0.4, -0.2) is 55.6 Å². The molecule has 0 spiro atoms. The second kappa shape index (κ2) is 11.0. The van der Waals surface area contributed by atoms with E-state index < -0.39 is 30.4 Å². The van der Waals surface area contributed by atoms with Crippen LogP contribution < -0.4 is 15.4 Å². The van der Waals surface area contributed by atoms with Gasteiger partial charge < -0.3 is 29.8 Å². The molecule has 2 rings (SSSR count). The highest BCUT2D eigenvalue weighted by molar-refractivity contribution is 5.99. The first-order valence-electron chi connectivity index (χ1n) is 9.92. The molecule has 3 N–H and O–H groups in total. The van der Waals surface area contributed by atoms with Gasteiger partial charge in [0.05, 0.1) is 31.5 Å². The van der Waals surface area contributed by atoms with Gasteiger partial charge in [0.2, 0.25) is 5.91 Å². The first-order chi connectivity index (χ1) is 15.2. The lowest BCUT2D eigenvalue weighted by atomic mass is 10.1. The minimum atomic E-state index is -0.768. The number of ether oxygens (including phenoxy) is 3. The molecule has 0 saturated heterocycles. The average molecular weight is 445 g/mol. The van der Waals surface area contributed by atoms with Gasteiger partial charge >= 0.3 is 11.9 Å². The minimum Gasteiger partial charge on any atom is -0.495 e. The van der Waals surface area contributed by atoms with Gasteiger partial charge in [-0.3, -0.25) is 9.59 Å². The Bertz CT molecular complexity index is 1030. The van der Waals surface area contributed by atoms with E-state index in [2.05, 4.69) is 15.6 Å². The second-order valence-electron chi connectivity index (χ2n) is 6.95. The van der Waals surface area contributed by atoms with Crippen LogP contribution in [0.5, 0.6) is 5.75 Å². The van der Waals surface area contributed by atoms with Gasteiger partial charge in [0.15, 0.2) is 6.61 Å². The van der Waals surface area contributed by atoms with Crippen molar-refractivity contribution in [1.82, 2.24) is 10.3 Å². The lowest BCUT2D eigenvalue weighted by Gasteiger charge is -2.11. The third-order valence-electron chi connectivity index (χ3n) is 4.53. The number of benzene rings is 1. The van der Waals surface area contributed by atoms with E-state index in [0.717, 1.165) is 5.56 Å². The van der Waals surface area contributed by atoms with Crippen LogP contribution in [0.25, 0.3) is 0 Å². The van der Waals surface area contributed by atoms with E-state index in [1.54, 1.807) is 32.9 Å². The fraction of sp³-hybridized carbons (Fsp3) is 0.364. The molecule has 10 nitrogen and oxygen atoms in total. The molecule has 0 aliphatic carbocycles. The number of amides is 2. The molecule has 2 amide bonds. The monoisotopic (exact) mass is 445 g/mol. The van der Waals surface area contributed by atoms with Crippen molar-refractivity contribution in [2.45, 2.75) is 27.7 Å². The Labute approximate surface area is 185 Å². The normalized spacial score (nSPS) is 10.3. The zero-order chi connectivity index (χ0) is 23.8. The van der Waals surface area contributed by atoms with Crippen LogP contribution in [0.4, 0.5) is 5.69 Å². The number of rotatable bonds is 9. The van der Waals surface area contributed by atoms with Crippen molar-refractivity contribution in [3.63, 3.8) is 0 Å². The summed E-state index contributed by atoms with van der Waals surface area (Å²) in [6.45, 7) is 6.03. The van der Waals surface area contributed by atoms with E-state index in [0.29, 0.717) is 22.7 Å². The lowest BCUT2D eigenvalue weighted by Crippen LogP contribution is -2.35. The highest BCUT2D eigenvalue weighted by Gasteiger charge is 2.24. The molecular formula is C22H27N3O7. The fourth-order valence-electron chi connectivity index (χ4n) is 3.01. The Hall–Kier alpha value is -3.82. The Morgan fingerprint density at radius 3 is 2.38 bits per heavy atom. The van der Waals surface area contributed by atoms with Crippen molar-refractivity contribution in [2.75, 3.05) is 32.2 Å². The van der Waals surface area contributed by atoms with Crippen molar-refractivity contribution < 1.29 is 33.4 Å². The Kier molecular flexibility index (Phi) is 8.39. The summed E-state index contributed by atoms with van der Waals surface area (Å²) in [5.74, 6) is -1.98. The van der Waals surface area contributed by atoms with Crippen molar-refractivity contribution in [3.8, 4) is 5.75 Å². The van der Waals surface area contributed by atoms with Crippen LogP contribution in [0.15, 0.2) is 18.2 Å². The fourth-order valence-corrected chi connectivity index (χ4v) is 3.01. The van der Waals surface area contributed by atoms with Crippen molar-refractivity contribution in [1.29, 1.82) is 0 Å². The molecule has 0 aliphatic rings. The number of methoxy groups -OCH3 is 1. The zero-order valence-electron chi connectivity index (χ0n) is 18.7. The summed E-state index contributed by atoms with van der Waals surface area (Å²) in [5.41, 5.74) is 2.52. The number of aryl methyl sites for hydroxylation is 2. The topological polar surface area (TPSA) is 136 Å². The number of hydrogen-bond donors (Lipinski definition) is 3. The lowest BCUT2D eigenvalue weighted by molar-refractivity contribution is -0.126. The number of hydrogen-bond acceptors (Lipinski definition) is 7. The summed E-state index contributed by atoms with van der Waals surface area (Å²) in [6.07, 6.45) is 0. The third-order valence-corrected chi connectivity index (χ3v) is 4.53. The number of esters is 2. The molecule has 0 bridgehead atoms. The SMILES string of the molecule is CCOC(=O)c1[nH]c(C)c(C(=O)OCC(=O)NCC(=O)Nc2cc(C)ccc2OC)c1C. The number of aromatic amines is 1. The standard InChI is InChI=1S/C22H27N3O7/c1-6-31-22(29)20-13(3)19(14(4)24-20)21(28)32-11-18(27)23-10-17(26)25-15-9-12(2)7-8-16(15)30-5/h7-9,24H,6,10-11H2,1-5H3,(H,23,27)(H,25,26). The summed E-state index contributed by atoms with van der Waals surface area (Å²) < 4.78 is 15.2. The minimum absolute atomic E-state index is 0.156. The van der Waals surface area contributed by atoms with Crippen LogP contribution in [0.2, 0.25) is 0 Å². The molecule has 1 heterocycles. The van der Waals surface area contributed by atoms with Crippen molar-refractivity contribution >= 4 is 29.4 Å². The molecule has 1 aromatic carbocycles.